The van der Waals surface area contributed by atoms with Gasteiger partial charge in [0.15, 0.2) is 0 Å². The molecule has 2 aliphatic heterocycles. The van der Waals surface area contributed by atoms with Gasteiger partial charge in [0.25, 0.3) is 0 Å². The zero-order valence-corrected chi connectivity index (χ0v) is 15.0. The van der Waals surface area contributed by atoms with Crippen molar-refractivity contribution in [2.45, 2.75) is 51.5 Å². The van der Waals surface area contributed by atoms with Crippen LogP contribution in [0.15, 0.2) is 23.0 Å². The molecule has 2 aliphatic rings. The Morgan fingerprint density at radius 3 is 3.04 bits per heavy atom. The molecule has 2 aromatic rings. The largest absolute Gasteiger partial charge is 0.377 e. The van der Waals surface area contributed by atoms with Crippen molar-refractivity contribution in [3.8, 4) is 0 Å². The molecule has 2 saturated heterocycles. The lowest BCUT2D eigenvalue weighted by atomic mass is 9.99. The van der Waals surface area contributed by atoms with Gasteiger partial charge in [-0.1, -0.05) is 5.16 Å². The lowest BCUT2D eigenvalue weighted by molar-refractivity contribution is -0.0905. The van der Waals surface area contributed by atoms with Gasteiger partial charge in [-0.2, -0.15) is 5.10 Å². The topological polar surface area (TPSA) is 65.5 Å². The van der Waals surface area contributed by atoms with E-state index in [1.54, 1.807) is 0 Å². The minimum Gasteiger partial charge on any atom is -0.377 e. The van der Waals surface area contributed by atoms with Crippen LogP contribution in [0.2, 0.25) is 0 Å². The monoisotopic (exact) mass is 346 g/mol. The van der Waals surface area contributed by atoms with Gasteiger partial charge in [0.2, 0.25) is 0 Å². The van der Waals surface area contributed by atoms with E-state index in [9.17, 15) is 0 Å². The molecule has 0 unspecified atom stereocenters. The molecule has 25 heavy (non-hydrogen) atoms. The van der Waals surface area contributed by atoms with Gasteiger partial charge in [-0.15, -0.1) is 0 Å². The van der Waals surface area contributed by atoms with Crippen LogP contribution < -0.4 is 0 Å². The van der Waals surface area contributed by atoms with Crippen molar-refractivity contribution in [1.29, 1.82) is 0 Å². The third kappa shape index (κ3) is 3.63. The van der Waals surface area contributed by atoms with E-state index in [4.69, 9.17) is 14.0 Å². The Hall–Kier alpha value is -1.70. The smallest absolute Gasteiger partial charge is 0.138 e. The summed E-state index contributed by atoms with van der Waals surface area (Å²) in [5.74, 6) is 0.903. The highest BCUT2D eigenvalue weighted by atomic mass is 16.6. The van der Waals surface area contributed by atoms with Crippen LogP contribution in [0.5, 0.6) is 0 Å². The Morgan fingerprint density at radius 1 is 1.36 bits per heavy atom. The first-order valence-electron chi connectivity index (χ1n) is 9.01. The quantitative estimate of drug-likeness (QED) is 0.843. The van der Waals surface area contributed by atoms with Gasteiger partial charge in [0, 0.05) is 37.6 Å². The lowest BCUT2D eigenvalue weighted by Crippen LogP contribution is -2.44. The number of hydrogen-bond acceptors (Lipinski definition) is 6. The van der Waals surface area contributed by atoms with Crippen molar-refractivity contribution in [3.63, 3.8) is 0 Å². The van der Waals surface area contributed by atoms with Crippen molar-refractivity contribution >= 4 is 0 Å². The summed E-state index contributed by atoms with van der Waals surface area (Å²) < 4.78 is 19.6. The molecular weight excluding hydrogens is 320 g/mol. The van der Waals surface area contributed by atoms with Gasteiger partial charge in [0.1, 0.15) is 11.4 Å². The maximum atomic E-state index is 6.49. The van der Waals surface area contributed by atoms with Crippen LogP contribution in [0, 0.1) is 13.8 Å². The number of nitrogens with zero attached hydrogens (tertiary/aromatic N) is 4. The van der Waals surface area contributed by atoms with Crippen LogP contribution in [0.3, 0.4) is 0 Å². The van der Waals surface area contributed by atoms with Gasteiger partial charge >= 0.3 is 0 Å². The number of aromatic nitrogens is 3. The first kappa shape index (κ1) is 16.8. The molecule has 0 aliphatic carbocycles. The van der Waals surface area contributed by atoms with Crippen LogP contribution in [0.25, 0.3) is 0 Å². The predicted molar refractivity (Wildman–Crippen MR) is 91.1 cm³/mol. The Kier molecular flexibility index (Phi) is 4.62. The molecule has 2 fully saturated rings. The Balaban J connectivity index is 1.43. The fourth-order valence-corrected chi connectivity index (χ4v) is 3.93. The second kappa shape index (κ2) is 6.90. The number of aryl methyl sites for hydroxylation is 2. The summed E-state index contributed by atoms with van der Waals surface area (Å²) in [5, 5.41) is 8.37. The molecule has 0 radical (unpaired) electrons. The van der Waals surface area contributed by atoms with Crippen LogP contribution in [-0.2, 0) is 22.6 Å². The molecule has 0 amide bonds. The second-order valence-electron chi connectivity index (χ2n) is 7.26. The van der Waals surface area contributed by atoms with Gasteiger partial charge in [-0.25, -0.2) is 0 Å². The summed E-state index contributed by atoms with van der Waals surface area (Å²) in [6, 6.07) is 1.95. The van der Waals surface area contributed by atoms with Gasteiger partial charge in [0.05, 0.1) is 31.6 Å². The molecule has 7 heteroatoms. The standard InChI is InChI=1S/C18H26N4O3/c1-14-17(15(2)25-20-14)11-21-8-9-23-13-18(12-21)5-4-16(24-18)10-22-7-3-6-19-22/h3,6-7,16H,4-5,8-13H2,1-2H3/t16-,18+/m0/s1. The van der Waals surface area contributed by atoms with Gasteiger partial charge in [-0.05, 0) is 32.8 Å². The molecule has 4 rings (SSSR count). The summed E-state index contributed by atoms with van der Waals surface area (Å²) in [5.41, 5.74) is 1.94. The highest BCUT2D eigenvalue weighted by Gasteiger charge is 2.43. The van der Waals surface area contributed by atoms with Crippen molar-refractivity contribution in [2.75, 3.05) is 26.3 Å². The van der Waals surface area contributed by atoms with Crippen LogP contribution in [-0.4, -0.2) is 57.8 Å². The highest BCUT2D eigenvalue weighted by Crippen LogP contribution is 2.34. The zero-order chi connectivity index (χ0) is 17.3. The molecule has 2 aromatic heterocycles. The average Bonchev–Trinajstić information content (AvgIpc) is 3.27. The first-order valence-corrected chi connectivity index (χ1v) is 9.01. The molecule has 0 saturated carbocycles. The summed E-state index contributed by atoms with van der Waals surface area (Å²) in [4.78, 5) is 2.41. The Labute approximate surface area is 147 Å². The third-order valence-electron chi connectivity index (χ3n) is 5.28. The van der Waals surface area contributed by atoms with Crippen molar-refractivity contribution in [3.05, 3.63) is 35.5 Å². The van der Waals surface area contributed by atoms with E-state index >= 15 is 0 Å². The molecule has 136 valence electrons. The maximum Gasteiger partial charge on any atom is 0.138 e. The first-order chi connectivity index (χ1) is 12.1. The lowest BCUT2D eigenvalue weighted by Gasteiger charge is -2.32. The van der Waals surface area contributed by atoms with Crippen LogP contribution in [0.4, 0.5) is 0 Å². The maximum absolute atomic E-state index is 6.49. The predicted octanol–water partition coefficient (Wildman–Crippen LogP) is 1.94. The van der Waals surface area contributed by atoms with Crippen molar-refractivity contribution in [2.24, 2.45) is 0 Å². The van der Waals surface area contributed by atoms with E-state index in [1.165, 1.54) is 5.56 Å². The van der Waals surface area contributed by atoms with E-state index in [0.29, 0.717) is 6.61 Å². The Morgan fingerprint density at radius 2 is 2.28 bits per heavy atom. The van der Waals surface area contributed by atoms with E-state index in [-0.39, 0.29) is 11.7 Å². The fraction of sp³-hybridized carbons (Fsp3) is 0.667. The average molecular weight is 346 g/mol. The normalized spacial score (nSPS) is 27.8. The molecule has 7 nitrogen and oxygen atoms in total. The Bertz CT molecular complexity index is 680. The summed E-state index contributed by atoms with van der Waals surface area (Å²) >= 11 is 0. The minimum atomic E-state index is -0.215. The van der Waals surface area contributed by atoms with E-state index in [1.807, 2.05) is 37.0 Å². The molecule has 0 bridgehead atoms. The highest BCUT2D eigenvalue weighted by molar-refractivity contribution is 5.20. The molecule has 0 aromatic carbocycles. The van der Waals surface area contributed by atoms with Gasteiger partial charge < -0.3 is 14.0 Å². The molecule has 4 heterocycles. The molecule has 2 atom stereocenters. The second-order valence-corrected chi connectivity index (χ2v) is 7.26. The van der Waals surface area contributed by atoms with Crippen LogP contribution >= 0.6 is 0 Å². The van der Waals surface area contributed by atoms with Crippen LogP contribution in [0.1, 0.15) is 29.9 Å². The summed E-state index contributed by atoms with van der Waals surface area (Å²) in [6.07, 6.45) is 6.06. The van der Waals surface area contributed by atoms with E-state index in [0.717, 1.165) is 57.1 Å². The minimum absolute atomic E-state index is 0.197. The summed E-state index contributed by atoms with van der Waals surface area (Å²) in [7, 11) is 0. The number of ether oxygens (including phenoxy) is 2. The summed E-state index contributed by atoms with van der Waals surface area (Å²) in [6.45, 7) is 8.80. The molecular formula is C18H26N4O3. The van der Waals surface area contributed by atoms with E-state index < -0.39 is 0 Å². The van der Waals surface area contributed by atoms with Gasteiger partial charge in [-0.3, -0.25) is 9.58 Å². The molecule has 0 N–H and O–H groups in total. The number of rotatable bonds is 4. The van der Waals surface area contributed by atoms with Crippen molar-refractivity contribution < 1.29 is 14.0 Å². The SMILES string of the molecule is Cc1noc(C)c1CN1CCOC[C@@]2(CC[C@@H](Cn3cccn3)O2)C1. The van der Waals surface area contributed by atoms with E-state index in [2.05, 4.69) is 15.2 Å². The third-order valence-corrected chi connectivity index (χ3v) is 5.28. The zero-order valence-electron chi connectivity index (χ0n) is 15.0. The molecule has 1 spiro atoms. The van der Waals surface area contributed by atoms with Crippen molar-refractivity contribution in [1.82, 2.24) is 19.8 Å². The number of hydrogen-bond donors (Lipinski definition) is 0. The fourth-order valence-electron chi connectivity index (χ4n) is 3.93.